The second-order valence-corrected chi connectivity index (χ2v) is 5.02. The van der Waals surface area contributed by atoms with E-state index < -0.39 is 0 Å². The van der Waals surface area contributed by atoms with Crippen LogP contribution in [-0.2, 0) is 6.54 Å². The van der Waals surface area contributed by atoms with Gasteiger partial charge in [0.1, 0.15) is 5.82 Å². The Balaban J connectivity index is 2.20. The molecule has 0 spiro atoms. The van der Waals surface area contributed by atoms with E-state index in [0.29, 0.717) is 6.04 Å². The van der Waals surface area contributed by atoms with E-state index in [0.717, 1.165) is 42.1 Å². The average Bonchev–Trinajstić information content (AvgIpc) is 2.69. The van der Waals surface area contributed by atoms with Crippen LogP contribution in [0.15, 0.2) is 18.2 Å². The third kappa shape index (κ3) is 2.82. The maximum absolute atomic E-state index is 5.77. The van der Waals surface area contributed by atoms with Crippen molar-refractivity contribution in [3.8, 4) is 0 Å². The van der Waals surface area contributed by atoms with Gasteiger partial charge in [-0.05, 0) is 45.0 Å². The number of nitrogen functional groups attached to an aromatic ring is 1. The molecule has 2 aromatic rings. The first kappa shape index (κ1) is 12.9. The van der Waals surface area contributed by atoms with Crippen LogP contribution < -0.4 is 5.73 Å². The largest absolute Gasteiger partial charge is 0.399 e. The highest BCUT2D eigenvalue weighted by Gasteiger charge is 2.11. The molecule has 0 saturated heterocycles. The lowest BCUT2D eigenvalue weighted by Crippen LogP contribution is -2.31. The Hall–Kier alpha value is -1.55. The van der Waals surface area contributed by atoms with Crippen molar-refractivity contribution in [1.82, 2.24) is 14.9 Å². The first-order valence-corrected chi connectivity index (χ1v) is 6.58. The lowest BCUT2D eigenvalue weighted by molar-refractivity contribution is 0.209. The van der Waals surface area contributed by atoms with Crippen molar-refractivity contribution in [2.24, 2.45) is 0 Å². The summed E-state index contributed by atoms with van der Waals surface area (Å²) in [5.41, 5.74) is 8.55. The molecule has 1 aromatic heterocycles. The van der Waals surface area contributed by atoms with Crippen molar-refractivity contribution in [3.05, 3.63) is 24.0 Å². The summed E-state index contributed by atoms with van der Waals surface area (Å²) in [6.45, 7) is 8.60. The van der Waals surface area contributed by atoms with E-state index >= 15 is 0 Å². The molecule has 2 rings (SSSR count). The fourth-order valence-corrected chi connectivity index (χ4v) is 2.15. The summed E-state index contributed by atoms with van der Waals surface area (Å²) in [5, 5.41) is 0. The van der Waals surface area contributed by atoms with Gasteiger partial charge in [0.25, 0.3) is 0 Å². The molecule has 1 heterocycles. The highest BCUT2D eigenvalue weighted by molar-refractivity contribution is 5.78. The van der Waals surface area contributed by atoms with Crippen molar-refractivity contribution in [3.63, 3.8) is 0 Å². The molecular weight excluding hydrogens is 224 g/mol. The number of nitrogens with two attached hydrogens (primary N) is 1. The molecule has 0 radical (unpaired) electrons. The van der Waals surface area contributed by atoms with Crippen LogP contribution in [0.3, 0.4) is 0 Å². The lowest BCUT2D eigenvalue weighted by Gasteiger charge is -2.24. The minimum absolute atomic E-state index is 0.531. The lowest BCUT2D eigenvalue weighted by atomic mass is 10.3. The van der Waals surface area contributed by atoms with E-state index in [4.69, 9.17) is 5.73 Å². The molecule has 0 fully saturated rings. The third-order valence-corrected chi connectivity index (χ3v) is 3.15. The molecule has 1 aromatic carbocycles. The molecule has 0 bridgehead atoms. The molecule has 0 unspecified atom stereocenters. The number of H-pyrrole nitrogens is 1. The summed E-state index contributed by atoms with van der Waals surface area (Å²) >= 11 is 0. The van der Waals surface area contributed by atoms with Gasteiger partial charge in [-0.1, -0.05) is 6.92 Å². The van der Waals surface area contributed by atoms with Gasteiger partial charge in [-0.25, -0.2) is 4.98 Å². The summed E-state index contributed by atoms with van der Waals surface area (Å²) in [6, 6.07) is 6.32. The van der Waals surface area contributed by atoms with Crippen molar-refractivity contribution in [2.45, 2.75) is 39.8 Å². The Bertz CT molecular complexity index is 515. The molecule has 0 aliphatic carbocycles. The molecule has 0 atom stereocenters. The van der Waals surface area contributed by atoms with Crippen LogP contribution in [-0.4, -0.2) is 27.5 Å². The van der Waals surface area contributed by atoms with Crippen LogP contribution >= 0.6 is 0 Å². The van der Waals surface area contributed by atoms with Gasteiger partial charge in [0.2, 0.25) is 0 Å². The van der Waals surface area contributed by atoms with Crippen molar-refractivity contribution < 1.29 is 0 Å². The number of nitrogens with zero attached hydrogens (tertiary/aromatic N) is 2. The predicted octanol–water partition coefficient (Wildman–Crippen LogP) is 2.77. The zero-order valence-corrected chi connectivity index (χ0v) is 11.4. The Kier molecular flexibility index (Phi) is 3.87. The summed E-state index contributed by atoms with van der Waals surface area (Å²) in [5.74, 6) is 1.01. The number of rotatable bonds is 5. The number of aromatic nitrogens is 2. The van der Waals surface area contributed by atoms with Crippen molar-refractivity contribution >= 4 is 16.7 Å². The number of benzene rings is 1. The van der Waals surface area contributed by atoms with E-state index in [1.807, 2.05) is 18.2 Å². The van der Waals surface area contributed by atoms with E-state index in [9.17, 15) is 0 Å². The molecule has 18 heavy (non-hydrogen) atoms. The summed E-state index contributed by atoms with van der Waals surface area (Å²) in [7, 11) is 0. The number of aromatic amines is 1. The normalized spacial score (nSPS) is 11.8. The third-order valence-electron chi connectivity index (χ3n) is 3.15. The number of fused-ring (bicyclic) bond motifs is 1. The quantitative estimate of drug-likeness (QED) is 0.798. The second-order valence-electron chi connectivity index (χ2n) is 5.02. The summed E-state index contributed by atoms with van der Waals surface area (Å²) in [4.78, 5) is 10.4. The van der Waals surface area contributed by atoms with E-state index in [-0.39, 0.29) is 0 Å². The number of hydrogen-bond donors (Lipinski definition) is 2. The van der Waals surface area contributed by atoms with Crippen LogP contribution in [0, 0.1) is 0 Å². The van der Waals surface area contributed by atoms with Crippen LogP contribution in [0.2, 0.25) is 0 Å². The highest BCUT2D eigenvalue weighted by Crippen LogP contribution is 2.16. The van der Waals surface area contributed by atoms with Crippen LogP contribution in [0.5, 0.6) is 0 Å². The van der Waals surface area contributed by atoms with Gasteiger partial charge in [-0.3, -0.25) is 4.90 Å². The maximum Gasteiger partial charge on any atom is 0.121 e. The molecule has 0 amide bonds. The first-order chi connectivity index (χ1) is 8.60. The van der Waals surface area contributed by atoms with Gasteiger partial charge in [-0.15, -0.1) is 0 Å². The topological polar surface area (TPSA) is 57.9 Å². The molecule has 3 N–H and O–H groups in total. The molecule has 98 valence electrons. The Morgan fingerprint density at radius 3 is 2.83 bits per heavy atom. The van der Waals surface area contributed by atoms with Gasteiger partial charge >= 0.3 is 0 Å². The predicted molar refractivity (Wildman–Crippen MR) is 76.3 cm³/mol. The Morgan fingerprint density at radius 2 is 2.17 bits per heavy atom. The van der Waals surface area contributed by atoms with Gasteiger partial charge in [0.15, 0.2) is 0 Å². The fourth-order valence-electron chi connectivity index (χ4n) is 2.15. The minimum atomic E-state index is 0.531. The van der Waals surface area contributed by atoms with Crippen molar-refractivity contribution in [2.75, 3.05) is 12.3 Å². The SMILES string of the molecule is CCCN(Cc1nc2ccc(N)cc2[nH]1)C(C)C. The van der Waals surface area contributed by atoms with E-state index in [1.54, 1.807) is 0 Å². The second kappa shape index (κ2) is 5.40. The molecule has 0 aliphatic rings. The molecule has 4 heteroatoms. The molecule has 0 saturated carbocycles. The smallest absolute Gasteiger partial charge is 0.121 e. The van der Waals surface area contributed by atoms with Crippen LogP contribution in [0.25, 0.3) is 11.0 Å². The fraction of sp³-hybridized carbons (Fsp3) is 0.500. The number of anilines is 1. The summed E-state index contributed by atoms with van der Waals surface area (Å²) in [6.07, 6.45) is 1.16. The van der Waals surface area contributed by atoms with Gasteiger partial charge in [0.05, 0.1) is 17.6 Å². The molecule has 4 nitrogen and oxygen atoms in total. The Morgan fingerprint density at radius 1 is 1.39 bits per heavy atom. The standard InChI is InChI=1S/C14H22N4/c1-4-7-18(10(2)3)9-14-16-12-6-5-11(15)8-13(12)17-14/h5-6,8,10H,4,7,9,15H2,1-3H3,(H,16,17). The average molecular weight is 246 g/mol. The van der Waals surface area contributed by atoms with E-state index in [1.165, 1.54) is 0 Å². The van der Waals surface area contributed by atoms with Gasteiger partial charge < -0.3 is 10.7 Å². The zero-order chi connectivity index (χ0) is 13.1. The van der Waals surface area contributed by atoms with Gasteiger partial charge in [-0.2, -0.15) is 0 Å². The summed E-state index contributed by atoms with van der Waals surface area (Å²) < 4.78 is 0. The Labute approximate surface area is 108 Å². The van der Waals surface area contributed by atoms with Gasteiger partial charge in [0, 0.05) is 11.7 Å². The van der Waals surface area contributed by atoms with Crippen LogP contribution in [0.1, 0.15) is 33.0 Å². The number of imidazole rings is 1. The highest BCUT2D eigenvalue weighted by atomic mass is 15.2. The van der Waals surface area contributed by atoms with Crippen molar-refractivity contribution in [1.29, 1.82) is 0 Å². The maximum atomic E-state index is 5.77. The van der Waals surface area contributed by atoms with Crippen LogP contribution in [0.4, 0.5) is 5.69 Å². The minimum Gasteiger partial charge on any atom is -0.399 e. The first-order valence-electron chi connectivity index (χ1n) is 6.58. The number of hydrogen-bond acceptors (Lipinski definition) is 3. The monoisotopic (exact) mass is 246 g/mol. The molecule has 0 aliphatic heterocycles. The van der Waals surface area contributed by atoms with E-state index in [2.05, 4.69) is 35.6 Å². The molecular formula is C14H22N4. The number of nitrogens with one attached hydrogen (secondary N) is 1. The zero-order valence-electron chi connectivity index (χ0n) is 11.4.